The molecule has 0 spiro atoms. The highest BCUT2D eigenvalue weighted by Crippen LogP contribution is 2.28. The number of fused-ring (bicyclic) bond motifs is 2. The minimum absolute atomic E-state index is 0.220. The largest absolute Gasteiger partial charge is 0.488 e. The van der Waals surface area contributed by atoms with Crippen molar-refractivity contribution in [2.45, 2.75) is 32.8 Å². The van der Waals surface area contributed by atoms with Gasteiger partial charge >= 0.3 is 5.97 Å². The van der Waals surface area contributed by atoms with E-state index in [1.165, 1.54) is 4.68 Å². The van der Waals surface area contributed by atoms with E-state index in [1.54, 1.807) is 36.5 Å². The predicted molar refractivity (Wildman–Crippen MR) is 157 cm³/mol. The van der Waals surface area contributed by atoms with Crippen LogP contribution in [0, 0.1) is 0 Å². The molecule has 0 bridgehead atoms. The van der Waals surface area contributed by atoms with Gasteiger partial charge in [-0.2, -0.15) is 9.78 Å². The van der Waals surface area contributed by atoms with Crippen LogP contribution in [0.1, 0.15) is 47.1 Å². The van der Waals surface area contributed by atoms with Crippen LogP contribution in [0.5, 0.6) is 5.75 Å². The summed E-state index contributed by atoms with van der Waals surface area (Å²) in [6.45, 7) is 2.34. The van der Waals surface area contributed by atoms with E-state index >= 15 is 0 Å². The lowest BCUT2D eigenvalue weighted by atomic mass is 10.0. The van der Waals surface area contributed by atoms with Crippen LogP contribution in [0.2, 0.25) is 0 Å². The van der Waals surface area contributed by atoms with E-state index in [2.05, 4.69) is 28.0 Å². The van der Waals surface area contributed by atoms with E-state index in [1.807, 2.05) is 48.5 Å². The standard InChI is InChI=1S/C31H26BrN3O4/c1-2-3-8-29-34-27-15-14-23(32)17-25(27)30(36)35(29)33-18-26-24-7-5-4-6-21(24)13-16-28(26)39-19-20-9-11-22(12-10-20)31(37)38/h4-7,9-18H,2-3,8,19H2,1H3,(H,37,38). The van der Waals surface area contributed by atoms with Gasteiger partial charge in [-0.25, -0.2) is 9.78 Å². The quantitative estimate of drug-likeness (QED) is 0.192. The van der Waals surface area contributed by atoms with Crippen molar-refractivity contribution in [3.8, 4) is 5.75 Å². The molecule has 7 nitrogen and oxygen atoms in total. The molecular weight excluding hydrogens is 558 g/mol. The van der Waals surface area contributed by atoms with Crippen molar-refractivity contribution in [2.75, 3.05) is 0 Å². The number of aromatic carboxylic acids is 1. The Labute approximate surface area is 233 Å². The first-order chi connectivity index (χ1) is 18.9. The first kappa shape index (κ1) is 26.3. The number of aryl methyl sites for hydroxylation is 1. The molecule has 8 heteroatoms. The number of carbonyl (C=O) groups is 1. The molecule has 1 aromatic heterocycles. The first-order valence-electron chi connectivity index (χ1n) is 12.7. The number of carboxylic acids is 1. The second kappa shape index (κ2) is 11.6. The van der Waals surface area contributed by atoms with Gasteiger partial charge in [0, 0.05) is 16.5 Å². The summed E-state index contributed by atoms with van der Waals surface area (Å²) in [7, 11) is 0. The number of aromatic nitrogens is 2. The minimum atomic E-state index is -0.973. The zero-order valence-electron chi connectivity index (χ0n) is 21.3. The third-order valence-corrected chi connectivity index (χ3v) is 6.95. The van der Waals surface area contributed by atoms with Crippen LogP contribution in [-0.2, 0) is 13.0 Å². The van der Waals surface area contributed by atoms with Crippen LogP contribution in [0.25, 0.3) is 21.7 Å². The summed E-state index contributed by atoms with van der Waals surface area (Å²) in [4.78, 5) is 29.5. The van der Waals surface area contributed by atoms with Gasteiger partial charge in [0.05, 0.1) is 22.7 Å². The van der Waals surface area contributed by atoms with Crippen molar-refractivity contribution >= 4 is 49.8 Å². The molecule has 0 unspecified atom stereocenters. The maximum absolute atomic E-state index is 13.5. The van der Waals surface area contributed by atoms with Crippen LogP contribution < -0.4 is 10.3 Å². The van der Waals surface area contributed by atoms with Crippen molar-refractivity contribution in [3.05, 3.63) is 116 Å². The molecule has 0 saturated heterocycles. The Balaban J connectivity index is 1.57. The summed E-state index contributed by atoms with van der Waals surface area (Å²) < 4.78 is 8.37. The lowest BCUT2D eigenvalue weighted by molar-refractivity contribution is 0.0697. The zero-order chi connectivity index (χ0) is 27.4. The van der Waals surface area contributed by atoms with Crippen molar-refractivity contribution in [3.63, 3.8) is 0 Å². The van der Waals surface area contributed by atoms with E-state index in [4.69, 9.17) is 14.8 Å². The second-order valence-corrected chi connectivity index (χ2v) is 10.1. The second-order valence-electron chi connectivity index (χ2n) is 9.14. The Kier molecular flexibility index (Phi) is 7.84. The molecule has 0 radical (unpaired) electrons. The van der Waals surface area contributed by atoms with Gasteiger partial charge in [0.15, 0.2) is 0 Å². The van der Waals surface area contributed by atoms with Gasteiger partial charge in [0.2, 0.25) is 0 Å². The van der Waals surface area contributed by atoms with Gasteiger partial charge in [0.25, 0.3) is 5.56 Å². The molecule has 4 aromatic carbocycles. The Bertz CT molecular complexity index is 1760. The summed E-state index contributed by atoms with van der Waals surface area (Å²) in [6, 6.07) is 23.8. The van der Waals surface area contributed by atoms with Crippen LogP contribution in [0.15, 0.2) is 93.2 Å². The highest BCUT2D eigenvalue weighted by atomic mass is 79.9. The molecule has 0 fully saturated rings. The van der Waals surface area contributed by atoms with Gasteiger partial charge in [-0.1, -0.05) is 71.7 Å². The smallest absolute Gasteiger partial charge is 0.335 e. The van der Waals surface area contributed by atoms with Crippen molar-refractivity contribution in [2.24, 2.45) is 5.10 Å². The molecule has 39 heavy (non-hydrogen) atoms. The van der Waals surface area contributed by atoms with E-state index in [0.29, 0.717) is 28.9 Å². The minimum Gasteiger partial charge on any atom is -0.488 e. The Morgan fingerprint density at radius 2 is 1.85 bits per heavy atom. The molecule has 0 amide bonds. The molecule has 0 aliphatic carbocycles. The average molecular weight is 584 g/mol. The lowest BCUT2D eigenvalue weighted by Crippen LogP contribution is -2.22. The number of benzene rings is 4. The van der Waals surface area contributed by atoms with Gasteiger partial charge in [-0.15, -0.1) is 0 Å². The molecule has 196 valence electrons. The SMILES string of the molecule is CCCCc1nc2ccc(Br)cc2c(=O)n1N=Cc1c(OCc2ccc(C(=O)O)cc2)ccc2ccccc12. The number of rotatable bonds is 9. The van der Waals surface area contributed by atoms with E-state index in [-0.39, 0.29) is 17.7 Å². The maximum atomic E-state index is 13.5. The fraction of sp³-hybridized carbons (Fsp3) is 0.161. The van der Waals surface area contributed by atoms with Crippen molar-refractivity contribution in [1.82, 2.24) is 9.66 Å². The van der Waals surface area contributed by atoms with Crippen LogP contribution in [0.4, 0.5) is 0 Å². The zero-order valence-corrected chi connectivity index (χ0v) is 22.9. The van der Waals surface area contributed by atoms with Crippen molar-refractivity contribution in [1.29, 1.82) is 0 Å². The summed E-state index contributed by atoms with van der Waals surface area (Å²) in [5, 5.41) is 16.2. The topological polar surface area (TPSA) is 93.8 Å². The molecular formula is C31H26BrN3O4. The highest BCUT2D eigenvalue weighted by molar-refractivity contribution is 9.10. The first-order valence-corrected chi connectivity index (χ1v) is 13.5. The number of carboxylic acid groups (broad SMARTS) is 1. The number of ether oxygens (including phenoxy) is 1. The number of hydrogen-bond acceptors (Lipinski definition) is 5. The summed E-state index contributed by atoms with van der Waals surface area (Å²) in [5.74, 6) is 0.230. The maximum Gasteiger partial charge on any atom is 0.335 e. The van der Waals surface area contributed by atoms with Crippen molar-refractivity contribution < 1.29 is 14.6 Å². The summed E-state index contributed by atoms with van der Waals surface area (Å²) >= 11 is 3.45. The third-order valence-electron chi connectivity index (χ3n) is 6.46. The fourth-order valence-electron chi connectivity index (χ4n) is 4.37. The molecule has 0 aliphatic heterocycles. The predicted octanol–water partition coefficient (Wildman–Crippen LogP) is 6.81. The Morgan fingerprint density at radius 3 is 2.62 bits per heavy atom. The van der Waals surface area contributed by atoms with Crippen LogP contribution in [0.3, 0.4) is 0 Å². The van der Waals surface area contributed by atoms with Crippen LogP contribution >= 0.6 is 15.9 Å². The van der Waals surface area contributed by atoms with Gasteiger partial charge < -0.3 is 9.84 Å². The van der Waals surface area contributed by atoms with E-state index < -0.39 is 5.97 Å². The molecule has 0 aliphatic rings. The van der Waals surface area contributed by atoms with E-state index in [9.17, 15) is 9.59 Å². The average Bonchev–Trinajstić information content (AvgIpc) is 2.95. The summed E-state index contributed by atoms with van der Waals surface area (Å²) in [5.41, 5.74) is 2.20. The Morgan fingerprint density at radius 1 is 1.05 bits per heavy atom. The van der Waals surface area contributed by atoms with Gasteiger partial charge in [-0.05, 0) is 59.2 Å². The number of unbranched alkanes of at least 4 members (excludes halogenated alkanes) is 1. The molecule has 5 aromatic rings. The summed E-state index contributed by atoms with van der Waals surface area (Å²) in [6.07, 6.45) is 4.13. The molecule has 5 rings (SSSR count). The molecule has 1 heterocycles. The normalized spacial score (nSPS) is 11.4. The number of halogens is 1. The third kappa shape index (κ3) is 5.76. The molecule has 0 atom stereocenters. The van der Waals surface area contributed by atoms with Gasteiger partial charge in [0.1, 0.15) is 18.2 Å². The molecule has 0 saturated carbocycles. The lowest BCUT2D eigenvalue weighted by Gasteiger charge is -2.13. The fourth-order valence-corrected chi connectivity index (χ4v) is 4.73. The van der Waals surface area contributed by atoms with Crippen LogP contribution in [-0.4, -0.2) is 27.0 Å². The Hall–Kier alpha value is -4.30. The molecule has 1 N–H and O–H groups in total. The number of hydrogen-bond donors (Lipinski definition) is 1. The van der Waals surface area contributed by atoms with E-state index in [0.717, 1.165) is 39.2 Å². The van der Waals surface area contributed by atoms with Gasteiger partial charge in [-0.3, -0.25) is 4.79 Å². The number of nitrogens with zero attached hydrogens (tertiary/aromatic N) is 3. The monoisotopic (exact) mass is 583 g/mol. The highest BCUT2D eigenvalue weighted by Gasteiger charge is 2.13.